The van der Waals surface area contributed by atoms with E-state index < -0.39 is 5.83 Å². The van der Waals surface area contributed by atoms with Gasteiger partial charge < -0.3 is 10.4 Å². The molecule has 1 aliphatic carbocycles. The molecule has 0 bridgehead atoms. The smallest absolute Gasteiger partial charge is 0.160 e. The summed E-state index contributed by atoms with van der Waals surface area (Å²) in [5.41, 5.74) is 0.955. The molecule has 0 atom stereocenters. The summed E-state index contributed by atoms with van der Waals surface area (Å²) >= 11 is 5.82. The van der Waals surface area contributed by atoms with E-state index >= 15 is 0 Å². The van der Waals surface area contributed by atoms with Gasteiger partial charge in [-0.05, 0) is 31.0 Å². The molecule has 6 heteroatoms. The lowest BCUT2D eigenvalue weighted by molar-refractivity contribution is 0.476. The number of hydrogen-bond donors (Lipinski definition) is 2. The minimum absolute atomic E-state index is 0.0991. The Labute approximate surface area is 119 Å². The van der Waals surface area contributed by atoms with E-state index in [-0.39, 0.29) is 10.8 Å². The van der Waals surface area contributed by atoms with E-state index in [1.165, 1.54) is 18.5 Å². The number of aromatic hydroxyl groups is 1. The van der Waals surface area contributed by atoms with Crippen LogP contribution in [-0.2, 0) is 0 Å². The van der Waals surface area contributed by atoms with Gasteiger partial charge in [-0.25, -0.2) is 14.4 Å². The Balaban J connectivity index is 2.03. The largest absolute Gasteiger partial charge is 0.508 e. The minimum Gasteiger partial charge on any atom is -0.508 e. The summed E-state index contributed by atoms with van der Waals surface area (Å²) in [6.45, 7) is 0. The standard InChI is InChI=1S/C14H11ClFN3O/c15-10-2-1-3-12(13(10)16)19-14-9-6-8(20)4-5-11(9)17-7-18-14/h3-7,20H,1-2H2,(H,17,18,19). The van der Waals surface area contributed by atoms with Gasteiger partial charge in [0.25, 0.3) is 0 Å². The zero-order chi connectivity index (χ0) is 14.1. The van der Waals surface area contributed by atoms with Crippen molar-refractivity contribution in [1.29, 1.82) is 0 Å². The fraction of sp³-hybridized carbons (Fsp3) is 0.143. The van der Waals surface area contributed by atoms with Gasteiger partial charge in [0, 0.05) is 5.39 Å². The third-order valence-electron chi connectivity index (χ3n) is 3.06. The molecule has 0 saturated carbocycles. The summed E-state index contributed by atoms with van der Waals surface area (Å²) in [6, 6.07) is 4.74. The highest BCUT2D eigenvalue weighted by atomic mass is 35.5. The lowest BCUT2D eigenvalue weighted by Crippen LogP contribution is -2.06. The van der Waals surface area contributed by atoms with Crippen LogP contribution in [0.15, 0.2) is 47.2 Å². The van der Waals surface area contributed by atoms with Crippen molar-refractivity contribution < 1.29 is 9.50 Å². The van der Waals surface area contributed by atoms with Crippen molar-refractivity contribution in [2.75, 3.05) is 5.32 Å². The zero-order valence-electron chi connectivity index (χ0n) is 10.4. The topological polar surface area (TPSA) is 58.0 Å². The summed E-state index contributed by atoms with van der Waals surface area (Å²) in [5, 5.41) is 13.3. The van der Waals surface area contributed by atoms with Crippen LogP contribution in [0, 0.1) is 0 Å². The van der Waals surface area contributed by atoms with Crippen LogP contribution in [-0.4, -0.2) is 15.1 Å². The van der Waals surface area contributed by atoms with Crippen molar-refractivity contribution >= 4 is 28.3 Å². The number of anilines is 1. The molecule has 0 saturated heterocycles. The van der Waals surface area contributed by atoms with Gasteiger partial charge in [0.05, 0.1) is 16.2 Å². The molecule has 1 aromatic carbocycles. The van der Waals surface area contributed by atoms with E-state index in [0.29, 0.717) is 35.3 Å². The highest BCUT2D eigenvalue weighted by molar-refractivity contribution is 6.30. The molecule has 102 valence electrons. The third-order valence-corrected chi connectivity index (χ3v) is 3.41. The minimum atomic E-state index is -0.468. The predicted octanol–water partition coefficient (Wildman–Crippen LogP) is 3.84. The summed E-state index contributed by atoms with van der Waals surface area (Å²) in [7, 11) is 0. The first-order valence-corrected chi connectivity index (χ1v) is 6.48. The number of benzene rings is 1. The quantitative estimate of drug-likeness (QED) is 0.882. The SMILES string of the molecule is Oc1ccc2ncnc(NC3=CCCC(Cl)=C3F)c2c1. The fourth-order valence-corrected chi connectivity index (χ4v) is 2.28. The first-order chi connectivity index (χ1) is 9.65. The van der Waals surface area contributed by atoms with Crippen LogP contribution in [0.4, 0.5) is 10.2 Å². The molecule has 1 heterocycles. The lowest BCUT2D eigenvalue weighted by Gasteiger charge is -2.15. The second-order valence-electron chi connectivity index (χ2n) is 4.42. The van der Waals surface area contributed by atoms with Crippen molar-refractivity contribution in [3.8, 4) is 5.75 Å². The molecule has 20 heavy (non-hydrogen) atoms. The van der Waals surface area contributed by atoms with E-state index in [4.69, 9.17) is 11.6 Å². The van der Waals surface area contributed by atoms with E-state index in [9.17, 15) is 9.50 Å². The summed E-state index contributed by atoms with van der Waals surface area (Å²) in [6.07, 6.45) is 4.29. The highest BCUT2D eigenvalue weighted by Gasteiger charge is 2.16. The molecule has 0 unspecified atom stereocenters. The zero-order valence-corrected chi connectivity index (χ0v) is 11.2. The van der Waals surface area contributed by atoms with Gasteiger partial charge in [-0.3, -0.25) is 0 Å². The van der Waals surface area contributed by atoms with Gasteiger partial charge in [0.15, 0.2) is 5.83 Å². The maximum Gasteiger partial charge on any atom is 0.160 e. The number of phenols is 1. The molecule has 4 nitrogen and oxygen atoms in total. The van der Waals surface area contributed by atoms with Crippen molar-refractivity contribution in [3.05, 3.63) is 47.2 Å². The van der Waals surface area contributed by atoms with Crippen molar-refractivity contribution in [3.63, 3.8) is 0 Å². The van der Waals surface area contributed by atoms with Crippen molar-refractivity contribution in [1.82, 2.24) is 9.97 Å². The van der Waals surface area contributed by atoms with Crippen molar-refractivity contribution in [2.24, 2.45) is 0 Å². The van der Waals surface area contributed by atoms with Crippen LogP contribution in [0.25, 0.3) is 10.9 Å². The highest BCUT2D eigenvalue weighted by Crippen LogP contribution is 2.31. The maximum absolute atomic E-state index is 13.9. The normalized spacial score (nSPS) is 15.4. The molecule has 0 spiro atoms. The van der Waals surface area contributed by atoms with E-state index in [0.717, 1.165) is 0 Å². The number of aromatic nitrogens is 2. The molecule has 0 aliphatic heterocycles. The van der Waals surface area contributed by atoms with Crippen LogP contribution in [0.2, 0.25) is 0 Å². The summed E-state index contributed by atoms with van der Waals surface area (Å²) < 4.78 is 13.9. The third kappa shape index (κ3) is 2.32. The molecule has 2 N–H and O–H groups in total. The van der Waals surface area contributed by atoms with Gasteiger partial charge in [-0.1, -0.05) is 17.7 Å². The molecular weight excluding hydrogens is 281 g/mol. The Morgan fingerprint density at radius 3 is 3.00 bits per heavy atom. The lowest BCUT2D eigenvalue weighted by atomic mass is 10.1. The maximum atomic E-state index is 13.9. The second kappa shape index (κ2) is 5.09. The first kappa shape index (κ1) is 12.9. The van der Waals surface area contributed by atoms with Crippen molar-refractivity contribution in [2.45, 2.75) is 12.8 Å². The van der Waals surface area contributed by atoms with Gasteiger partial charge in [-0.15, -0.1) is 0 Å². The first-order valence-electron chi connectivity index (χ1n) is 6.10. The van der Waals surface area contributed by atoms with Crippen LogP contribution in [0.3, 0.4) is 0 Å². The van der Waals surface area contributed by atoms with Gasteiger partial charge in [0.1, 0.15) is 17.9 Å². The van der Waals surface area contributed by atoms with Crippen LogP contribution < -0.4 is 5.32 Å². The van der Waals surface area contributed by atoms with Gasteiger partial charge in [-0.2, -0.15) is 0 Å². The molecule has 0 amide bonds. The number of allylic oxidation sites excluding steroid dienone is 3. The predicted molar refractivity (Wildman–Crippen MR) is 76.1 cm³/mol. The number of phenolic OH excluding ortho intramolecular Hbond substituents is 1. The Morgan fingerprint density at radius 2 is 2.15 bits per heavy atom. The average molecular weight is 292 g/mol. The molecule has 1 aliphatic rings. The summed E-state index contributed by atoms with van der Waals surface area (Å²) in [5.74, 6) is 0.0607. The molecule has 1 aromatic heterocycles. The van der Waals surface area contributed by atoms with E-state index in [1.807, 2.05) is 0 Å². The van der Waals surface area contributed by atoms with Crippen LogP contribution in [0.5, 0.6) is 5.75 Å². The second-order valence-corrected chi connectivity index (χ2v) is 4.88. The van der Waals surface area contributed by atoms with E-state index in [2.05, 4.69) is 15.3 Å². The van der Waals surface area contributed by atoms with Crippen LogP contribution >= 0.6 is 11.6 Å². The number of nitrogens with one attached hydrogen (secondary N) is 1. The summed E-state index contributed by atoms with van der Waals surface area (Å²) in [4.78, 5) is 8.19. The molecule has 0 radical (unpaired) electrons. The molecule has 3 rings (SSSR count). The number of nitrogens with zero attached hydrogens (tertiary/aromatic N) is 2. The number of hydrogen-bond acceptors (Lipinski definition) is 4. The van der Waals surface area contributed by atoms with Gasteiger partial charge >= 0.3 is 0 Å². The molecule has 0 fully saturated rings. The number of fused-ring (bicyclic) bond motifs is 1. The molecule has 2 aromatic rings. The monoisotopic (exact) mass is 291 g/mol. The average Bonchev–Trinajstić information content (AvgIpc) is 2.44. The fourth-order valence-electron chi connectivity index (χ4n) is 2.07. The van der Waals surface area contributed by atoms with Gasteiger partial charge in [0.2, 0.25) is 0 Å². The number of rotatable bonds is 2. The Morgan fingerprint density at radius 1 is 1.30 bits per heavy atom. The van der Waals surface area contributed by atoms with E-state index in [1.54, 1.807) is 12.1 Å². The Hall–Kier alpha value is -2.14. The Kier molecular flexibility index (Phi) is 3.28. The van der Waals surface area contributed by atoms with Crippen LogP contribution in [0.1, 0.15) is 12.8 Å². The number of halogens is 2. The Bertz CT molecular complexity index is 742. The molecular formula is C14H11ClFN3O.